The Labute approximate surface area is 162 Å². The Morgan fingerprint density at radius 2 is 1.77 bits per heavy atom. The summed E-state index contributed by atoms with van der Waals surface area (Å²) in [7, 11) is 0. The zero-order chi connectivity index (χ0) is 18.8. The molecular weight excluding hydrogens is 366 g/mol. The van der Waals surface area contributed by atoms with Crippen molar-refractivity contribution in [2.45, 2.75) is 41.2 Å². The number of hydrogen-bond donors (Lipinski definition) is 1. The summed E-state index contributed by atoms with van der Waals surface area (Å²) in [5, 5.41) is 8.28. The predicted octanol–water partition coefficient (Wildman–Crippen LogP) is 6.38. The molecule has 0 unspecified atom stereocenters. The quantitative estimate of drug-likeness (QED) is 0.527. The van der Waals surface area contributed by atoms with Gasteiger partial charge in [-0.15, -0.1) is 11.3 Å². The van der Waals surface area contributed by atoms with Gasteiger partial charge in [0.2, 0.25) is 0 Å². The van der Waals surface area contributed by atoms with Crippen molar-refractivity contribution >= 4 is 34.5 Å². The number of anilines is 1. The summed E-state index contributed by atoms with van der Waals surface area (Å²) >= 11 is 7.74. The van der Waals surface area contributed by atoms with Crippen molar-refractivity contribution in [2.75, 3.05) is 5.32 Å². The fourth-order valence-electron chi connectivity index (χ4n) is 2.91. The van der Waals surface area contributed by atoms with Gasteiger partial charge < -0.3 is 9.84 Å². The average Bonchev–Trinajstić information content (AvgIpc) is 3.10. The molecule has 136 valence electrons. The van der Waals surface area contributed by atoms with Crippen LogP contribution in [0.5, 0.6) is 0 Å². The first-order valence-electron chi connectivity index (χ1n) is 8.67. The molecule has 1 aromatic carbocycles. The van der Waals surface area contributed by atoms with Gasteiger partial charge in [0.15, 0.2) is 5.76 Å². The first-order valence-corrected chi connectivity index (χ1v) is 9.87. The van der Waals surface area contributed by atoms with E-state index in [-0.39, 0.29) is 0 Å². The number of benzene rings is 1. The first-order chi connectivity index (χ1) is 12.5. The summed E-state index contributed by atoms with van der Waals surface area (Å²) in [6.07, 6.45) is 0. The number of nitrogens with zero attached hydrogens (tertiary/aromatic N) is 2. The largest absolute Gasteiger partial charge is 0.358 e. The van der Waals surface area contributed by atoms with Gasteiger partial charge in [-0.3, -0.25) is 4.99 Å². The van der Waals surface area contributed by atoms with Crippen LogP contribution in [0, 0.1) is 20.8 Å². The molecule has 3 aromatic rings. The Balaban J connectivity index is 0.000000948. The van der Waals surface area contributed by atoms with Crippen LogP contribution in [0.2, 0.25) is 5.02 Å². The second-order valence-electron chi connectivity index (χ2n) is 5.85. The minimum absolute atomic E-state index is 0.478. The van der Waals surface area contributed by atoms with Gasteiger partial charge in [-0.05, 0) is 50.6 Å². The molecule has 0 fully saturated rings. The highest BCUT2D eigenvalue weighted by atomic mass is 35.5. The minimum Gasteiger partial charge on any atom is -0.358 e. The van der Waals surface area contributed by atoms with Crippen LogP contribution >= 0.6 is 22.9 Å². The monoisotopic (exact) mass is 387 g/mol. The lowest BCUT2D eigenvalue weighted by Gasteiger charge is -2.11. The van der Waals surface area contributed by atoms with Crippen molar-refractivity contribution in [3.63, 3.8) is 0 Å². The molecule has 0 saturated heterocycles. The van der Waals surface area contributed by atoms with Crippen molar-refractivity contribution in [3.8, 4) is 10.4 Å². The summed E-state index contributed by atoms with van der Waals surface area (Å²) < 4.78 is 5.49. The second-order valence-corrected chi connectivity index (χ2v) is 7.51. The number of aromatic nitrogens is 1. The van der Waals surface area contributed by atoms with Crippen LogP contribution in [-0.4, -0.2) is 11.0 Å². The number of amidine groups is 1. The molecule has 1 aliphatic heterocycles. The molecule has 0 bridgehead atoms. The Morgan fingerprint density at radius 3 is 2.46 bits per heavy atom. The van der Waals surface area contributed by atoms with E-state index in [9.17, 15) is 0 Å². The van der Waals surface area contributed by atoms with E-state index < -0.39 is 0 Å². The van der Waals surface area contributed by atoms with Crippen LogP contribution in [-0.2, 0) is 6.54 Å². The van der Waals surface area contributed by atoms with E-state index in [1.54, 1.807) is 11.3 Å². The third-order valence-electron chi connectivity index (χ3n) is 4.27. The number of aliphatic imine (C=N–C) groups is 1. The lowest BCUT2D eigenvalue weighted by molar-refractivity contribution is 0.382. The maximum atomic E-state index is 5.98. The molecule has 1 N–H and O–H groups in total. The number of hydrogen-bond acceptors (Lipinski definition) is 5. The number of rotatable bonds is 1. The summed E-state index contributed by atoms with van der Waals surface area (Å²) in [5.74, 6) is 1.68. The van der Waals surface area contributed by atoms with Gasteiger partial charge in [0.1, 0.15) is 12.4 Å². The molecule has 2 aromatic heterocycles. The zero-order valence-corrected chi connectivity index (χ0v) is 17.2. The predicted molar refractivity (Wildman–Crippen MR) is 111 cm³/mol. The van der Waals surface area contributed by atoms with E-state index in [0.717, 1.165) is 34.1 Å². The second kappa shape index (κ2) is 7.64. The van der Waals surface area contributed by atoms with E-state index in [0.29, 0.717) is 11.6 Å². The first kappa shape index (κ1) is 18.7. The Morgan fingerprint density at radius 1 is 1.08 bits per heavy atom. The van der Waals surface area contributed by atoms with Crippen molar-refractivity contribution in [1.29, 1.82) is 0 Å². The lowest BCUT2D eigenvalue weighted by Crippen LogP contribution is -2.14. The normalized spacial score (nSPS) is 12.3. The van der Waals surface area contributed by atoms with Crippen LogP contribution in [0.15, 0.2) is 33.8 Å². The zero-order valence-electron chi connectivity index (χ0n) is 15.6. The lowest BCUT2D eigenvalue weighted by atomic mass is 10.0. The summed E-state index contributed by atoms with van der Waals surface area (Å²) in [6, 6.07) is 7.64. The van der Waals surface area contributed by atoms with Crippen molar-refractivity contribution in [1.82, 2.24) is 5.16 Å². The summed E-state index contributed by atoms with van der Waals surface area (Å²) in [6.45, 7) is 10.7. The van der Waals surface area contributed by atoms with Crippen LogP contribution in [0.25, 0.3) is 10.4 Å². The maximum absolute atomic E-state index is 5.98. The van der Waals surface area contributed by atoms with Gasteiger partial charge in [0.05, 0.1) is 16.1 Å². The van der Waals surface area contributed by atoms with Crippen LogP contribution in [0.1, 0.15) is 41.3 Å². The molecule has 26 heavy (non-hydrogen) atoms. The molecule has 6 heteroatoms. The van der Waals surface area contributed by atoms with E-state index in [1.807, 2.05) is 45.0 Å². The molecule has 4 nitrogen and oxygen atoms in total. The summed E-state index contributed by atoms with van der Waals surface area (Å²) in [5.41, 5.74) is 5.33. The Bertz CT molecular complexity index is 954. The third kappa shape index (κ3) is 3.29. The van der Waals surface area contributed by atoms with Gasteiger partial charge in [-0.25, -0.2) is 0 Å². The minimum atomic E-state index is 0.478. The third-order valence-corrected chi connectivity index (χ3v) is 5.75. The molecule has 0 saturated carbocycles. The average molecular weight is 388 g/mol. The van der Waals surface area contributed by atoms with Gasteiger partial charge in [-0.2, -0.15) is 0 Å². The number of nitrogens with one attached hydrogen (secondary N) is 1. The molecule has 0 aliphatic carbocycles. The highest BCUT2D eigenvalue weighted by Gasteiger charge is 2.27. The van der Waals surface area contributed by atoms with Crippen molar-refractivity contribution < 1.29 is 4.52 Å². The Kier molecular flexibility index (Phi) is 5.49. The topological polar surface area (TPSA) is 50.4 Å². The molecule has 0 radical (unpaired) electrons. The molecule has 0 amide bonds. The number of thiophene rings is 1. The molecular formula is C20H22ClN3OS. The SMILES string of the molecule is CC.Cc1noc2c1-c1sc(C)c(C)c1C(Nc1ccc(Cl)cc1)=NC2. The van der Waals surface area contributed by atoms with E-state index in [4.69, 9.17) is 21.1 Å². The molecule has 1 aliphatic rings. The summed E-state index contributed by atoms with van der Waals surface area (Å²) in [4.78, 5) is 7.21. The number of aryl methyl sites for hydroxylation is 2. The Hall–Kier alpha value is -2.11. The van der Waals surface area contributed by atoms with Gasteiger partial charge in [0, 0.05) is 21.2 Å². The van der Waals surface area contributed by atoms with Gasteiger partial charge in [0.25, 0.3) is 0 Å². The molecule has 3 heterocycles. The van der Waals surface area contributed by atoms with Crippen LogP contribution < -0.4 is 5.32 Å². The smallest absolute Gasteiger partial charge is 0.167 e. The van der Waals surface area contributed by atoms with Gasteiger partial charge in [-0.1, -0.05) is 30.6 Å². The molecule has 4 rings (SSSR count). The fourth-order valence-corrected chi connectivity index (χ4v) is 4.31. The van der Waals surface area contributed by atoms with Crippen molar-refractivity contribution in [3.05, 3.63) is 56.7 Å². The van der Waals surface area contributed by atoms with Crippen LogP contribution in [0.4, 0.5) is 5.69 Å². The van der Waals surface area contributed by atoms with E-state index in [2.05, 4.69) is 24.3 Å². The number of halogens is 1. The van der Waals surface area contributed by atoms with E-state index in [1.165, 1.54) is 15.3 Å². The maximum Gasteiger partial charge on any atom is 0.167 e. The van der Waals surface area contributed by atoms with Crippen molar-refractivity contribution in [2.24, 2.45) is 4.99 Å². The fraction of sp³-hybridized carbons (Fsp3) is 0.300. The van der Waals surface area contributed by atoms with Gasteiger partial charge >= 0.3 is 0 Å². The highest BCUT2D eigenvalue weighted by Crippen LogP contribution is 2.41. The van der Waals surface area contributed by atoms with E-state index >= 15 is 0 Å². The van der Waals surface area contributed by atoms with Crippen LogP contribution in [0.3, 0.4) is 0 Å². The molecule has 0 spiro atoms. The highest BCUT2D eigenvalue weighted by molar-refractivity contribution is 7.16. The molecule has 0 atom stereocenters. The standard InChI is InChI=1S/C18H16ClN3OS.C2H6/c1-9-11(3)24-17-15(9)18(21-13-6-4-12(19)5-7-13)20-8-14-16(17)10(2)22-23-14;1-2/h4-7H,8H2,1-3H3,(H,20,21);1-2H3. The number of fused-ring (bicyclic) bond motifs is 3.